The van der Waals surface area contributed by atoms with Crippen LogP contribution in [0.1, 0.15) is 31.4 Å². The van der Waals surface area contributed by atoms with Crippen LogP contribution in [0.2, 0.25) is 0 Å². The summed E-state index contributed by atoms with van der Waals surface area (Å²) in [5.41, 5.74) is 6.91. The van der Waals surface area contributed by atoms with Crippen molar-refractivity contribution >= 4 is 5.91 Å². The molecule has 1 amide bonds. The minimum atomic E-state index is -0.551. The molecule has 104 valence electrons. The minimum absolute atomic E-state index is 0.0150. The van der Waals surface area contributed by atoms with Crippen LogP contribution in [0, 0.1) is 0 Å². The van der Waals surface area contributed by atoms with Gasteiger partial charge in [0.05, 0.1) is 6.10 Å². The molecule has 2 N–H and O–H groups in total. The Morgan fingerprint density at radius 3 is 2.58 bits per heavy atom. The normalized spacial score (nSPS) is 18.3. The first-order valence-corrected chi connectivity index (χ1v) is 6.93. The molecule has 1 heterocycles. The topological polar surface area (TPSA) is 55.6 Å². The number of likely N-dealkylation sites (tertiary alicyclic amines) is 1. The average molecular weight is 262 g/mol. The third kappa shape index (κ3) is 3.55. The molecule has 0 bridgehead atoms. The van der Waals surface area contributed by atoms with Crippen molar-refractivity contribution in [2.24, 2.45) is 5.73 Å². The van der Waals surface area contributed by atoms with Gasteiger partial charge < -0.3 is 15.4 Å². The zero-order chi connectivity index (χ0) is 13.7. The Bertz CT molecular complexity index is 400. The van der Waals surface area contributed by atoms with E-state index >= 15 is 0 Å². The Kier molecular flexibility index (Phi) is 4.93. The van der Waals surface area contributed by atoms with Crippen LogP contribution in [0.5, 0.6) is 0 Å². The van der Waals surface area contributed by atoms with E-state index < -0.39 is 6.04 Å². The van der Waals surface area contributed by atoms with Crippen molar-refractivity contribution in [3.63, 3.8) is 0 Å². The van der Waals surface area contributed by atoms with Crippen molar-refractivity contribution in [1.29, 1.82) is 0 Å². The summed E-state index contributed by atoms with van der Waals surface area (Å²) in [5.74, 6) is 0.0150. The maximum absolute atomic E-state index is 12.3. The summed E-state index contributed by atoms with van der Waals surface area (Å²) in [6.07, 6.45) is 2.10. The molecule has 0 aliphatic carbocycles. The van der Waals surface area contributed by atoms with E-state index in [-0.39, 0.29) is 5.91 Å². The number of benzene rings is 1. The number of piperidine rings is 1. The fourth-order valence-electron chi connectivity index (χ4n) is 2.48. The molecule has 19 heavy (non-hydrogen) atoms. The zero-order valence-corrected chi connectivity index (χ0v) is 11.4. The number of hydrogen-bond donors (Lipinski definition) is 1. The average Bonchev–Trinajstić information content (AvgIpc) is 2.48. The first-order chi connectivity index (χ1) is 9.22. The maximum Gasteiger partial charge on any atom is 0.244 e. The van der Waals surface area contributed by atoms with Crippen molar-refractivity contribution in [1.82, 2.24) is 4.90 Å². The molecular weight excluding hydrogens is 240 g/mol. The van der Waals surface area contributed by atoms with Crippen molar-refractivity contribution in [2.45, 2.75) is 31.9 Å². The second-order valence-corrected chi connectivity index (χ2v) is 4.87. The van der Waals surface area contributed by atoms with Crippen molar-refractivity contribution in [2.75, 3.05) is 19.7 Å². The van der Waals surface area contributed by atoms with Gasteiger partial charge in [-0.3, -0.25) is 4.79 Å². The van der Waals surface area contributed by atoms with Gasteiger partial charge >= 0.3 is 0 Å². The summed E-state index contributed by atoms with van der Waals surface area (Å²) in [6.45, 7) is 4.22. The van der Waals surface area contributed by atoms with Gasteiger partial charge in [0.1, 0.15) is 6.04 Å². The summed E-state index contributed by atoms with van der Waals surface area (Å²) in [5, 5.41) is 0. The van der Waals surface area contributed by atoms with E-state index in [4.69, 9.17) is 10.5 Å². The summed E-state index contributed by atoms with van der Waals surface area (Å²) in [7, 11) is 0. The van der Waals surface area contributed by atoms with E-state index in [1.807, 2.05) is 42.2 Å². The molecule has 1 saturated heterocycles. The molecule has 2 rings (SSSR count). The number of carbonyl (C=O) groups is 1. The molecule has 1 aromatic carbocycles. The van der Waals surface area contributed by atoms with Gasteiger partial charge in [-0.1, -0.05) is 30.3 Å². The van der Waals surface area contributed by atoms with Crippen molar-refractivity contribution in [3.05, 3.63) is 35.9 Å². The molecule has 1 atom stereocenters. The van der Waals surface area contributed by atoms with Crippen LogP contribution >= 0.6 is 0 Å². The number of rotatable bonds is 4. The number of carbonyl (C=O) groups excluding carboxylic acids is 1. The van der Waals surface area contributed by atoms with E-state index in [1.54, 1.807) is 0 Å². The van der Waals surface area contributed by atoms with Crippen molar-refractivity contribution < 1.29 is 9.53 Å². The number of nitrogens with two attached hydrogens (primary N) is 1. The van der Waals surface area contributed by atoms with Gasteiger partial charge in [-0.15, -0.1) is 0 Å². The molecular formula is C15H22N2O2. The quantitative estimate of drug-likeness (QED) is 0.898. The predicted molar refractivity (Wildman–Crippen MR) is 74.6 cm³/mol. The number of ether oxygens (including phenoxy) is 1. The highest BCUT2D eigenvalue weighted by Crippen LogP contribution is 2.18. The van der Waals surface area contributed by atoms with Crippen LogP contribution in [0.3, 0.4) is 0 Å². The Morgan fingerprint density at radius 1 is 1.37 bits per heavy atom. The maximum atomic E-state index is 12.3. The van der Waals surface area contributed by atoms with Gasteiger partial charge in [0.15, 0.2) is 0 Å². The molecule has 4 nitrogen and oxygen atoms in total. The second kappa shape index (κ2) is 6.68. The van der Waals surface area contributed by atoms with E-state index in [9.17, 15) is 4.79 Å². The van der Waals surface area contributed by atoms with Gasteiger partial charge in [-0.05, 0) is 25.3 Å². The molecule has 0 radical (unpaired) electrons. The summed E-state index contributed by atoms with van der Waals surface area (Å²) in [6, 6.07) is 8.98. The number of nitrogens with zero attached hydrogens (tertiary/aromatic N) is 1. The molecule has 0 unspecified atom stereocenters. The number of amides is 1. The van der Waals surface area contributed by atoms with Crippen LogP contribution in [0.15, 0.2) is 30.3 Å². The monoisotopic (exact) mass is 262 g/mol. The van der Waals surface area contributed by atoms with Crippen LogP contribution in [0.25, 0.3) is 0 Å². The van der Waals surface area contributed by atoms with Gasteiger partial charge in [0.2, 0.25) is 5.91 Å². The molecule has 1 aromatic rings. The van der Waals surface area contributed by atoms with Gasteiger partial charge in [-0.2, -0.15) is 0 Å². The summed E-state index contributed by atoms with van der Waals surface area (Å²) < 4.78 is 5.59. The minimum Gasteiger partial charge on any atom is -0.378 e. The third-order valence-electron chi connectivity index (χ3n) is 3.58. The zero-order valence-electron chi connectivity index (χ0n) is 11.4. The molecule has 1 aliphatic heterocycles. The highest BCUT2D eigenvalue weighted by atomic mass is 16.5. The third-order valence-corrected chi connectivity index (χ3v) is 3.58. The molecule has 0 saturated carbocycles. The SMILES string of the molecule is CCOC1CCN(C(=O)[C@H](N)c2ccccc2)CC1. The van der Waals surface area contributed by atoms with Crippen LogP contribution in [-0.2, 0) is 9.53 Å². The first-order valence-electron chi connectivity index (χ1n) is 6.93. The predicted octanol–water partition coefficient (Wildman–Crippen LogP) is 1.71. The Morgan fingerprint density at radius 2 is 2.00 bits per heavy atom. The van der Waals surface area contributed by atoms with E-state index in [1.165, 1.54) is 0 Å². The van der Waals surface area contributed by atoms with Gasteiger partial charge in [0.25, 0.3) is 0 Å². The van der Waals surface area contributed by atoms with E-state index in [2.05, 4.69) is 0 Å². The fraction of sp³-hybridized carbons (Fsp3) is 0.533. The molecule has 4 heteroatoms. The molecule has 0 spiro atoms. The lowest BCUT2D eigenvalue weighted by molar-refractivity contribution is -0.135. The fourth-order valence-corrected chi connectivity index (χ4v) is 2.48. The van der Waals surface area contributed by atoms with Crippen LogP contribution in [0.4, 0.5) is 0 Å². The van der Waals surface area contributed by atoms with Crippen molar-refractivity contribution in [3.8, 4) is 0 Å². The Balaban J connectivity index is 1.91. The summed E-state index contributed by atoms with van der Waals surface area (Å²) in [4.78, 5) is 14.2. The second-order valence-electron chi connectivity index (χ2n) is 4.87. The van der Waals surface area contributed by atoms with Gasteiger partial charge in [-0.25, -0.2) is 0 Å². The smallest absolute Gasteiger partial charge is 0.244 e. The lowest BCUT2D eigenvalue weighted by Gasteiger charge is -2.33. The standard InChI is InChI=1S/C15H22N2O2/c1-2-19-13-8-10-17(11-9-13)15(18)14(16)12-6-4-3-5-7-12/h3-7,13-14H,2,8-11,16H2,1H3/t14-/m1/s1. The largest absolute Gasteiger partial charge is 0.378 e. The van der Waals surface area contributed by atoms with E-state index in [0.717, 1.165) is 38.1 Å². The highest BCUT2D eigenvalue weighted by molar-refractivity contribution is 5.83. The van der Waals surface area contributed by atoms with Crippen LogP contribution < -0.4 is 5.73 Å². The molecule has 1 fully saturated rings. The Hall–Kier alpha value is -1.39. The number of hydrogen-bond acceptors (Lipinski definition) is 3. The lowest BCUT2D eigenvalue weighted by atomic mass is 10.0. The first kappa shape index (κ1) is 14.0. The Labute approximate surface area is 114 Å². The summed E-state index contributed by atoms with van der Waals surface area (Å²) >= 11 is 0. The highest BCUT2D eigenvalue weighted by Gasteiger charge is 2.27. The molecule has 1 aliphatic rings. The van der Waals surface area contributed by atoms with Gasteiger partial charge in [0, 0.05) is 19.7 Å². The van der Waals surface area contributed by atoms with Crippen LogP contribution in [-0.4, -0.2) is 36.6 Å². The lowest BCUT2D eigenvalue weighted by Crippen LogP contribution is -2.44. The van der Waals surface area contributed by atoms with E-state index in [0.29, 0.717) is 6.10 Å². The molecule has 0 aromatic heterocycles.